The van der Waals surface area contributed by atoms with Crippen LogP contribution in [0.15, 0.2) is 11.5 Å². The molecule has 0 N–H and O–H groups in total. The molecule has 0 spiro atoms. The van der Waals surface area contributed by atoms with Gasteiger partial charge >= 0.3 is 0 Å². The molecule has 0 bridgehead atoms. The highest BCUT2D eigenvalue weighted by Gasteiger charge is 2.35. The van der Waals surface area contributed by atoms with Crippen LogP contribution in [-0.4, -0.2) is 39.6 Å². The minimum atomic E-state index is 0.176. The molecule has 2 heterocycles. The Morgan fingerprint density at radius 1 is 0.833 bits per heavy atom. The van der Waals surface area contributed by atoms with Gasteiger partial charge in [-0.2, -0.15) is 0 Å². The van der Waals surface area contributed by atoms with Crippen LogP contribution in [0.3, 0.4) is 0 Å². The van der Waals surface area contributed by atoms with Crippen molar-refractivity contribution in [2.45, 2.75) is 27.7 Å². The van der Waals surface area contributed by atoms with Gasteiger partial charge in [-0.1, -0.05) is 13.8 Å². The summed E-state index contributed by atoms with van der Waals surface area (Å²) in [5, 5.41) is 0. The summed E-state index contributed by atoms with van der Waals surface area (Å²) in [4.78, 5) is 0. The molecule has 0 aliphatic carbocycles. The van der Waals surface area contributed by atoms with Crippen molar-refractivity contribution >= 4 is 0 Å². The Labute approximate surface area is 109 Å². The largest absolute Gasteiger partial charge is 0.494 e. The van der Waals surface area contributed by atoms with Gasteiger partial charge in [-0.15, -0.1) is 0 Å². The highest BCUT2D eigenvalue weighted by molar-refractivity contribution is 4.97. The molecule has 2 rings (SSSR count). The van der Waals surface area contributed by atoms with E-state index in [4.69, 9.17) is 18.9 Å². The van der Waals surface area contributed by atoms with Crippen LogP contribution in [0, 0.1) is 10.8 Å². The van der Waals surface area contributed by atoms with Crippen LogP contribution in [0.2, 0.25) is 0 Å². The molecule has 0 radical (unpaired) electrons. The van der Waals surface area contributed by atoms with Crippen molar-refractivity contribution in [1.82, 2.24) is 0 Å². The molecule has 2 aliphatic heterocycles. The van der Waals surface area contributed by atoms with E-state index in [1.807, 2.05) is 13.8 Å². The van der Waals surface area contributed by atoms with E-state index in [-0.39, 0.29) is 10.8 Å². The molecule has 0 amide bonds. The summed E-state index contributed by atoms with van der Waals surface area (Å²) >= 11 is 0. The van der Waals surface area contributed by atoms with Crippen LogP contribution in [-0.2, 0) is 18.9 Å². The summed E-state index contributed by atoms with van der Waals surface area (Å²) in [6.07, 6.45) is 0. The van der Waals surface area contributed by atoms with Crippen molar-refractivity contribution in [3.05, 3.63) is 11.5 Å². The zero-order valence-electron chi connectivity index (χ0n) is 11.9. The van der Waals surface area contributed by atoms with Crippen molar-refractivity contribution in [1.29, 1.82) is 0 Å². The lowest BCUT2D eigenvalue weighted by atomic mass is 9.90. The van der Waals surface area contributed by atoms with E-state index in [0.29, 0.717) is 13.2 Å². The molecule has 0 unspecified atom stereocenters. The lowest BCUT2D eigenvalue weighted by Crippen LogP contribution is -2.43. The Balaban J connectivity index is 1.74. The fourth-order valence-electron chi connectivity index (χ4n) is 1.84. The lowest BCUT2D eigenvalue weighted by molar-refractivity contribution is -0.135. The average molecular weight is 256 g/mol. The molecule has 2 saturated heterocycles. The minimum absolute atomic E-state index is 0.176. The molecular weight excluding hydrogens is 232 g/mol. The number of allylic oxidation sites excluding steroid dienone is 2. The molecule has 18 heavy (non-hydrogen) atoms. The molecule has 104 valence electrons. The first-order chi connectivity index (χ1) is 8.43. The van der Waals surface area contributed by atoms with Gasteiger partial charge in [-0.25, -0.2) is 0 Å². The predicted octanol–water partition coefficient (Wildman–Crippen LogP) is 2.34. The molecule has 2 aliphatic rings. The normalized spacial score (nSPS) is 25.6. The first-order valence-electron chi connectivity index (χ1n) is 6.51. The van der Waals surface area contributed by atoms with Gasteiger partial charge in [-0.3, -0.25) is 0 Å². The quantitative estimate of drug-likeness (QED) is 0.684. The van der Waals surface area contributed by atoms with E-state index in [1.165, 1.54) is 0 Å². The number of hydrogen-bond acceptors (Lipinski definition) is 4. The zero-order chi connectivity index (χ0) is 13.2. The molecule has 0 aromatic carbocycles. The van der Waals surface area contributed by atoms with Crippen LogP contribution < -0.4 is 0 Å². The van der Waals surface area contributed by atoms with E-state index < -0.39 is 0 Å². The third-order valence-electron chi connectivity index (χ3n) is 3.57. The van der Waals surface area contributed by atoms with Gasteiger partial charge in [-0.05, 0) is 13.8 Å². The maximum absolute atomic E-state index is 5.77. The van der Waals surface area contributed by atoms with E-state index in [0.717, 1.165) is 37.9 Å². The standard InChI is InChI=1S/C14H24O4/c1-11(17-9-13(3)5-15-6-13)12(2)18-10-14(4)7-16-8-14/h5-10H2,1-4H3. The second-order valence-electron chi connectivity index (χ2n) is 6.30. The van der Waals surface area contributed by atoms with Gasteiger partial charge in [0.05, 0.1) is 39.6 Å². The smallest absolute Gasteiger partial charge is 0.130 e. The molecular formula is C14H24O4. The molecule has 0 atom stereocenters. The highest BCUT2D eigenvalue weighted by atomic mass is 16.5. The summed E-state index contributed by atoms with van der Waals surface area (Å²) in [6, 6.07) is 0. The maximum atomic E-state index is 5.77. The summed E-state index contributed by atoms with van der Waals surface area (Å²) in [5.74, 6) is 1.74. The van der Waals surface area contributed by atoms with Crippen LogP contribution in [0.4, 0.5) is 0 Å². The fraction of sp³-hybridized carbons (Fsp3) is 0.857. The molecule has 2 fully saturated rings. The van der Waals surface area contributed by atoms with Crippen molar-refractivity contribution in [3.63, 3.8) is 0 Å². The Bertz CT molecular complexity index is 295. The molecule has 0 aromatic heterocycles. The second-order valence-corrected chi connectivity index (χ2v) is 6.30. The minimum Gasteiger partial charge on any atom is -0.494 e. The average Bonchev–Trinajstić information content (AvgIpc) is 2.28. The van der Waals surface area contributed by atoms with Crippen LogP contribution in [0.1, 0.15) is 27.7 Å². The fourth-order valence-corrected chi connectivity index (χ4v) is 1.84. The van der Waals surface area contributed by atoms with Crippen LogP contribution >= 0.6 is 0 Å². The Morgan fingerprint density at radius 2 is 1.17 bits per heavy atom. The summed E-state index contributed by atoms with van der Waals surface area (Å²) in [5.41, 5.74) is 0.352. The monoisotopic (exact) mass is 256 g/mol. The third kappa shape index (κ3) is 3.18. The van der Waals surface area contributed by atoms with Gasteiger partial charge in [0.1, 0.15) is 11.5 Å². The number of hydrogen-bond donors (Lipinski definition) is 0. The van der Waals surface area contributed by atoms with Crippen LogP contribution in [0.5, 0.6) is 0 Å². The van der Waals surface area contributed by atoms with Gasteiger partial charge in [0.2, 0.25) is 0 Å². The van der Waals surface area contributed by atoms with Gasteiger partial charge in [0, 0.05) is 10.8 Å². The maximum Gasteiger partial charge on any atom is 0.130 e. The zero-order valence-corrected chi connectivity index (χ0v) is 11.9. The number of ether oxygens (including phenoxy) is 4. The van der Waals surface area contributed by atoms with E-state index >= 15 is 0 Å². The molecule has 4 heteroatoms. The van der Waals surface area contributed by atoms with E-state index in [2.05, 4.69) is 13.8 Å². The van der Waals surface area contributed by atoms with E-state index in [1.54, 1.807) is 0 Å². The highest BCUT2D eigenvalue weighted by Crippen LogP contribution is 2.29. The van der Waals surface area contributed by atoms with Crippen molar-refractivity contribution in [3.8, 4) is 0 Å². The Hall–Kier alpha value is -0.740. The third-order valence-corrected chi connectivity index (χ3v) is 3.57. The summed E-state index contributed by atoms with van der Waals surface area (Å²) in [6.45, 7) is 12.8. The van der Waals surface area contributed by atoms with Crippen molar-refractivity contribution in [2.75, 3.05) is 39.6 Å². The van der Waals surface area contributed by atoms with Gasteiger partial charge < -0.3 is 18.9 Å². The SMILES string of the molecule is CC(OCC1(C)COC1)=C(C)OCC1(C)COC1. The molecule has 4 nitrogen and oxygen atoms in total. The summed E-state index contributed by atoms with van der Waals surface area (Å²) in [7, 11) is 0. The van der Waals surface area contributed by atoms with E-state index in [9.17, 15) is 0 Å². The first kappa shape index (κ1) is 13.7. The topological polar surface area (TPSA) is 36.9 Å². The first-order valence-corrected chi connectivity index (χ1v) is 6.51. The van der Waals surface area contributed by atoms with Gasteiger partial charge in [0.15, 0.2) is 0 Å². The van der Waals surface area contributed by atoms with Crippen molar-refractivity contribution < 1.29 is 18.9 Å². The Kier molecular flexibility index (Phi) is 3.87. The number of rotatable bonds is 6. The predicted molar refractivity (Wildman–Crippen MR) is 68.1 cm³/mol. The van der Waals surface area contributed by atoms with Crippen molar-refractivity contribution in [2.24, 2.45) is 10.8 Å². The molecule has 0 saturated carbocycles. The second kappa shape index (κ2) is 5.10. The summed E-state index contributed by atoms with van der Waals surface area (Å²) < 4.78 is 21.9. The lowest BCUT2D eigenvalue weighted by Gasteiger charge is -2.38. The Morgan fingerprint density at radius 3 is 1.39 bits per heavy atom. The molecule has 0 aromatic rings. The van der Waals surface area contributed by atoms with Crippen LogP contribution in [0.25, 0.3) is 0 Å². The van der Waals surface area contributed by atoms with Gasteiger partial charge in [0.25, 0.3) is 0 Å².